The molecule has 34 heavy (non-hydrogen) atoms. The monoisotopic (exact) mass is 495 g/mol. The summed E-state index contributed by atoms with van der Waals surface area (Å²) < 4.78 is 52.7. The summed E-state index contributed by atoms with van der Waals surface area (Å²) in [5.74, 6) is -3.38. The van der Waals surface area contributed by atoms with Crippen molar-refractivity contribution in [3.63, 3.8) is 0 Å². The highest BCUT2D eigenvalue weighted by molar-refractivity contribution is 7.92. The van der Waals surface area contributed by atoms with Gasteiger partial charge < -0.3 is 10.2 Å². The van der Waals surface area contributed by atoms with Gasteiger partial charge in [-0.15, -0.1) is 0 Å². The van der Waals surface area contributed by atoms with Crippen LogP contribution in [-0.2, 0) is 26.0 Å². The number of hydrogen-bond donors (Lipinski definition) is 1. The highest BCUT2D eigenvalue weighted by Gasteiger charge is 2.30. The molecular formula is C24H31F2N3O4S. The number of sulfonamides is 1. The van der Waals surface area contributed by atoms with E-state index in [1.165, 1.54) is 4.90 Å². The Morgan fingerprint density at radius 2 is 1.68 bits per heavy atom. The lowest BCUT2D eigenvalue weighted by Crippen LogP contribution is -2.53. The molecule has 0 spiro atoms. The van der Waals surface area contributed by atoms with E-state index in [-0.39, 0.29) is 24.2 Å². The molecule has 2 rings (SSSR count). The molecule has 0 radical (unpaired) electrons. The van der Waals surface area contributed by atoms with Gasteiger partial charge in [0.05, 0.1) is 11.9 Å². The molecule has 1 N–H and O–H groups in total. The van der Waals surface area contributed by atoms with Crippen molar-refractivity contribution in [3.8, 4) is 0 Å². The molecule has 0 saturated carbocycles. The molecule has 0 heterocycles. The molecule has 0 aliphatic rings. The van der Waals surface area contributed by atoms with Crippen molar-refractivity contribution in [1.82, 2.24) is 10.2 Å². The fourth-order valence-electron chi connectivity index (χ4n) is 3.29. The topological polar surface area (TPSA) is 86.8 Å². The lowest BCUT2D eigenvalue weighted by molar-refractivity contribution is -0.139. The summed E-state index contributed by atoms with van der Waals surface area (Å²) in [5, 5.41) is 2.84. The maximum atomic E-state index is 13.8. The maximum absolute atomic E-state index is 13.8. The van der Waals surface area contributed by atoms with E-state index in [9.17, 15) is 26.8 Å². The van der Waals surface area contributed by atoms with E-state index >= 15 is 0 Å². The number of anilines is 1. The highest BCUT2D eigenvalue weighted by atomic mass is 32.2. The first-order valence-electron chi connectivity index (χ1n) is 11.0. The lowest BCUT2D eigenvalue weighted by Gasteiger charge is -2.32. The van der Waals surface area contributed by atoms with E-state index in [4.69, 9.17) is 0 Å². The van der Waals surface area contributed by atoms with Gasteiger partial charge in [0, 0.05) is 18.7 Å². The normalized spacial score (nSPS) is 13.1. The van der Waals surface area contributed by atoms with Crippen LogP contribution in [0, 0.1) is 11.6 Å². The minimum atomic E-state index is -4.02. The van der Waals surface area contributed by atoms with Gasteiger partial charge in [0.1, 0.15) is 12.6 Å². The molecule has 2 aromatic carbocycles. The van der Waals surface area contributed by atoms with E-state index in [0.717, 1.165) is 30.0 Å². The second kappa shape index (κ2) is 11.9. The fourth-order valence-corrected chi connectivity index (χ4v) is 4.13. The number of amides is 2. The lowest BCUT2D eigenvalue weighted by atomic mass is 10.1. The molecule has 0 saturated heterocycles. The van der Waals surface area contributed by atoms with Crippen molar-refractivity contribution in [2.75, 3.05) is 23.7 Å². The van der Waals surface area contributed by atoms with Crippen molar-refractivity contribution >= 4 is 27.5 Å². The highest BCUT2D eigenvalue weighted by Crippen LogP contribution is 2.21. The van der Waals surface area contributed by atoms with Crippen LogP contribution < -0.4 is 9.62 Å². The molecule has 0 fully saturated rings. The van der Waals surface area contributed by atoms with E-state index in [1.54, 1.807) is 6.92 Å². The van der Waals surface area contributed by atoms with Crippen molar-refractivity contribution in [1.29, 1.82) is 0 Å². The Morgan fingerprint density at radius 1 is 1.03 bits per heavy atom. The Labute approximate surface area is 199 Å². The van der Waals surface area contributed by atoms with Crippen LogP contribution in [-0.4, -0.2) is 56.6 Å². The predicted octanol–water partition coefficient (Wildman–Crippen LogP) is 3.11. The Bertz CT molecular complexity index is 1100. The molecule has 0 aromatic heterocycles. The Kier molecular flexibility index (Phi) is 9.55. The standard InChI is InChI=1S/C24H31F2N3O4S/c1-5-17(2)27-24(31)18(3)28(14-13-19-9-7-6-8-10-19)23(30)16-29(34(4,32)33)20-11-12-21(25)22(26)15-20/h6-12,15,17-18H,5,13-14,16H2,1-4H3,(H,27,31). The fraction of sp³-hybridized carbons (Fsp3) is 0.417. The van der Waals surface area contributed by atoms with Crippen LogP contribution >= 0.6 is 0 Å². The van der Waals surface area contributed by atoms with Crippen LogP contribution in [0.25, 0.3) is 0 Å². The number of carbonyl (C=O) groups excluding carboxylic acids is 2. The third kappa shape index (κ3) is 7.51. The number of hydrogen-bond acceptors (Lipinski definition) is 4. The summed E-state index contributed by atoms with van der Waals surface area (Å²) >= 11 is 0. The maximum Gasteiger partial charge on any atom is 0.244 e. The minimum absolute atomic E-state index is 0.101. The van der Waals surface area contributed by atoms with Gasteiger partial charge in [-0.3, -0.25) is 13.9 Å². The molecule has 0 aliphatic heterocycles. The molecular weight excluding hydrogens is 464 g/mol. The van der Waals surface area contributed by atoms with Crippen LogP contribution in [0.5, 0.6) is 0 Å². The molecule has 0 aliphatic carbocycles. The second-order valence-electron chi connectivity index (χ2n) is 8.18. The van der Waals surface area contributed by atoms with E-state index < -0.39 is 40.2 Å². The molecule has 0 bridgehead atoms. The first-order chi connectivity index (χ1) is 15.9. The first kappa shape index (κ1) is 27.2. The average molecular weight is 496 g/mol. The third-order valence-corrected chi connectivity index (χ3v) is 6.66. The van der Waals surface area contributed by atoms with Crippen molar-refractivity contribution in [2.45, 2.75) is 45.7 Å². The zero-order chi connectivity index (χ0) is 25.5. The SMILES string of the molecule is CCC(C)NC(=O)C(C)N(CCc1ccccc1)C(=O)CN(c1ccc(F)c(F)c1)S(C)(=O)=O. The molecule has 7 nitrogen and oxygen atoms in total. The Balaban J connectivity index is 2.33. The smallest absolute Gasteiger partial charge is 0.244 e. The van der Waals surface area contributed by atoms with Crippen LogP contribution in [0.15, 0.2) is 48.5 Å². The summed E-state index contributed by atoms with van der Waals surface area (Å²) in [6.45, 7) is 4.82. The third-order valence-electron chi connectivity index (χ3n) is 5.52. The first-order valence-corrected chi connectivity index (χ1v) is 12.8. The van der Waals surface area contributed by atoms with Crippen molar-refractivity contribution < 1.29 is 26.8 Å². The summed E-state index contributed by atoms with van der Waals surface area (Å²) in [7, 11) is -4.02. The van der Waals surface area contributed by atoms with Crippen LogP contribution in [0.4, 0.5) is 14.5 Å². The van der Waals surface area contributed by atoms with Crippen LogP contribution in [0.2, 0.25) is 0 Å². The van der Waals surface area contributed by atoms with Gasteiger partial charge in [0.25, 0.3) is 0 Å². The molecule has 2 unspecified atom stereocenters. The number of rotatable bonds is 11. The number of carbonyl (C=O) groups is 2. The number of benzene rings is 2. The van der Waals surface area contributed by atoms with Gasteiger partial charge in [-0.05, 0) is 44.4 Å². The zero-order valence-electron chi connectivity index (χ0n) is 19.8. The largest absolute Gasteiger partial charge is 0.352 e. The summed E-state index contributed by atoms with van der Waals surface area (Å²) in [4.78, 5) is 27.4. The molecule has 2 aromatic rings. The van der Waals surface area contributed by atoms with Gasteiger partial charge in [0.15, 0.2) is 11.6 Å². The number of nitrogens with zero attached hydrogens (tertiary/aromatic N) is 2. The average Bonchev–Trinajstić information content (AvgIpc) is 2.79. The van der Waals surface area contributed by atoms with Gasteiger partial charge in [-0.1, -0.05) is 37.3 Å². The van der Waals surface area contributed by atoms with Crippen LogP contribution in [0.3, 0.4) is 0 Å². The van der Waals surface area contributed by atoms with E-state index in [0.29, 0.717) is 17.1 Å². The summed E-state index contributed by atoms with van der Waals surface area (Å²) in [5.41, 5.74) is 0.755. The van der Waals surface area contributed by atoms with Crippen molar-refractivity contribution in [2.24, 2.45) is 0 Å². The quantitative estimate of drug-likeness (QED) is 0.519. The van der Waals surface area contributed by atoms with Gasteiger partial charge in [-0.25, -0.2) is 17.2 Å². The van der Waals surface area contributed by atoms with Gasteiger partial charge in [-0.2, -0.15) is 0 Å². The van der Waals surface area contributed by atoms with E-state index in [2.05, 4.69) is 5.32 Å². The zero-order valence-corrected chi connectivity index (χ0v) is 20.6. The minimum Gasteiger partial charge on any atom is -0.352 e. The number of nitrogens with one attached hydrogen (secondary N) is 1. The van der Waals surface area contributed by atoms with Gasteiger partial charge >= 0.3 is 0 Å². The Hall–Kier alpha value is -3.01. The van der Waals surface area contributed by atoms with Crippen LogP contribution in [0.1, 0.15) is 32.8 Å². The predicted molar refractivity (Wildman–Crippen MR) is 128 cm³/mol. The van der Waals surface area contributed by atoms with E-state index in [1.807, 2.05) is 44.2 Å². The number of halogens is 2. The molecule has 2 atom stereocenters. The second-order valence-corrected chi connectivity index (χ2v) is 10.1. The summed E-state index contributed by atoms with van der Waals surface area (Å²) in [6, 6.07) is 11.0. The summed E-state index contributed by atoms with van der Waals surface area (Å²) in [6.07, 6.45) is 2.01. The molecule has 186 valence electrons. The van der Waals surface area contributed by atoms with Gasteiger partial charge in [0.2, 0.25) is 21.8 Å². The molecule has 2 amide bonds. The Morgan fingerprint density at radius 3 is 2.24 bits per heavy atom. The van der Waals surface area contributed by atoms with Crippen molar-refractivity contribution in [3.05, 3.63) is 65.7 Å². The molecule has 10 heteroatoms.